The fraction of sp³-hybridized carbons (Fsp3) is 0.750. The third-order valence-corrected chi connectivity index (χ3v) is 1.51. The second-order valence-electron chi connectivity index (χ2n) is 3.35. The van der Waals surface area contributed by atoms with Crippen molar-refractivity contribution in [3.63, 3.8) is 0 Å². The van der Waals surface area contributed by atoms with Gasteiger partial charge in [0, 0.05) is 12.8 Å². The zero-order valence-electron chi connectivity index (χ0n) is 12.2. The van der Waals surface area contributed by atoms with Crippen molar-refractivity contribution in [2.24, 2.45) is 17.5 Å². The Labute approximate surface area is 114 Å². The lowest BCUT2D eigenvalue weighted by molar-refractivity contribution is -0.160. The highest BCUT2D eigenvalue weighted by Gasteiger charge is 2.06. The average Bonchev–Trinajstić information content (AvgIpc) is 2.44. The normalized spacial score (nSPS) is 8.58. The van der Waals surface area contributed by atoms with E-state index in [4.69, 9.17) is 5.73 Å². The number of carbonyl (C=O) groups is 3. The summed E-state index contributed by atoms with van der Waals surface area (Å²) in [6.45, 7) is 7.35. The zero-order chi connectivity index (χ0) is 15.7. The molecule has 0 saturated heterocycles. The summed E-state index contributed by atoms with van der Waals surface area (Å²) in [6.07, 6.45) is 1.31. The molecule has 0 heterocycles. The maximum Gasteiger partial charge on any atom is 0.310 e. The quantitative estimate of drug-likeness (QED) is 0.302. The van der Waals surface area contributed by atoms with Crippen LogP contribution in [0.25, 0.3) is 0 Å². The lowest BCUT2D eigenvalue weighted by Gasteiger charge is -2.03. The first-order chi connectivity index (χ1) is 8.99. The molecule has 0 amide bonds. The molecule has 0 fully saturated rings. The number of rotatable bonds is 7. The van der Waals surface area contributed by atoms with Gasteiger partial charge in [-0.2, -0.15) is 0 Å². The number of nitrogens with two attached hydrogens (primary N) is 2. The van der Waals surface area contributed by atoms with E-state index in [1.54, 1.807) is 13.8 Å². The van der Waals surface area contributed by atoms with Gasteiger partial charge in [0.2, 0.25) is 6.79 Å². The van der Waals surface area contributed by atoms with Crippen LogP contribution in [0.2, 0.25) is 0 Å². The second kappa shape index (κ2) is 19.0. The molecule has 114 valence electrons. The third-order valence-electron chi connectivity index (χ3n) is 1.51. The molecule has 0 saturated carbocycles. The molecule has 0 rings (SSSR count). The molecule has 0 spiro atoms. The standard InChI is InChI=1S/C5H11NO3.C5H9NO2.C2H6/c1-4(2)5(7)8-3-9-6;6-4-5(8)2-1-3-7;1-2/h4H,3,6H2,1-2H3;3H,1-2,4,6H2;1-2H3. The first-order valence-corrected chi connectivity index (χ1v) is 6.13. The molecule has 0 aromatic carbocycles. The number of ketones is 1. The summed E-state index contributed by atoms with van der Waals surface area (Å²) in [6, 6.07) is 0. The third kappa shape index (κ3) is 22.4. The van der Waals surface area contributed by atoms with Gasteiger partial charge in [-0.15, -0.1) is 0 Å². The van der Waals surface area contributed by atoms with Crippen LogP contribution in [0.15, 0.2) is 0 Å². The maximum atomic E-state index is 10.5. The van der Waals surface area contributed by atoms with Gasteiger partial charge in [0.25, 0.3) is 0 Å². The van der Waals surface area contributed by atoms with Crippen molar-refractivity contribution in [2.45, 2.75) is 40.5 Å². The monoisotopic (exact) mass is 278 g/mol. The van der Waals surface area contributed by atoms with Crippen LogP contribution in [0.5, 0.6) is 0 Å². The van der Waals surface area contributed by atoms with Gasteiger partial charge in [0.05, 0.1) is 12.5 Å². The Balaban J connectivity index is -0.000000239. The van der Waals surface area contributed by atoms with Gasteiger partial charge in [-0.1, -0.05) is 27.7 Å². The molecular formula is C12H26N2O5. The molecule has 0 aromatic heterocycles. The van der Waals surface area contributed by atoms with E-state index in [0.29, 0.717) is 19.1 Å². The van der Waals surface area contributed by atoms with Gasteiger partial charge >= 0.3 is 5.97 Å². The second-order valence-corrected chi connectivity index (χ2v) is 3.35. The van der Waals surface area contributed by atoms with E-state index < -0.39 is 0 Å². The Bertz CT molecular complexity index is 232. The van der Waals surface area contributed by atoms with Crippen molar-refractivity contribution in [1.29, 1.82) is 0 Å². The van der Waals surface area contributed by atoms with E-state index in [1.165, 1.54) is 0 Å². The highest BCUT2D eigenvalue weighted by Crippen LogP contribution is 1.94. The van der Waals surface area contributed by atoms with Crippen LogP contribution < -0.4 is 11.6 Å². The molecule has 0 unspecified atom stereocenters. The number of hydrogen-bond acceptors (Lipinski definition) is 7. The Morgan fingerprint density at radius 2 is 1.79 bits per heavy atom. The molecule has 0 aliphatic heterocycles. The van der Waals surface area contributed by atoms with Gasteiger partial charge in [-0.05, 0) is 0 Å². The maximum absolute atomic E-state index is 10.5. The highest BCUT2D eigenvalue weighted by atomic mass is 16.7. The topological polar surface area (TPSA) is 122 Å². The van der Waals surface area contributed by atoms with Crippen molar-refractivity contribution >= 4 is 18.0 Å². The minimum atomic E-state index is -0.305. The Kier molecular flexibility index (Phi) is 22.9. The van der Waals surface area contributed by atoms with E-state index in [0.717, 1.165) is 0 Å². The first-order valence-electron chi connectivity index (χ1n) is 6.13. The minimum Gasteiger partial charge on any atom is -0.437 e. The molecule has 0 radical (unpaired) electrons. The predicted molar refractivity (Wildman–Crippen MR) is 71.8 cm³/mol. The largest absolute Gasteiger partial charge is 0.437 e. The summed E-state index contributed by atoms with van der Waals surface area (Å²) in [7, 11) is 0. The van der Waals surface area contributed by atoms with Crippen LogP contribution in [0.4, 0.5) is 0 Å². The summed E-state index contributed by atoms with van der Waals surface area (Å²) < 4.78 is 4.47. The smallest absolute Gasteiger partial charge is 0.310 e. The van der Waals surface area contributed by atoms with E-state index in [1.807, 2.05) is 13.8 Å². The van der Waals surface area contributed by atoms with Crippen molar-refractivity contribution in [2.75, 3.05) is 13.3 Å². The van der Waals surface area contributed by atoms with Crippen molar-refractivity contribution < 1.29 is 24.0 Å². The summed E-state index contributed by atoms with van der Waals surface area (Å²) in [4.78, 5) is 34.5. The van der Waals surface area contributed by atoms with Crippen LogP contribution in [-0.4, -0.2) is 31.4 Å². The van der Waals surface area contributed by atoms with Crippen molar-refractivity contribution in [1.82, 2.24) is 0 Å². The van der Waals surface area contributed by atoms with Gasteiger partial charge in [-0.3, -0.25) is 14.4 Å². The summed E-state index contributed by atoms with van der Waals surface area (Å²) in [5.74, 6) is 4.11. The summed E-state index contributed by atoms with van der Waals surface area (Å²) in [5.41, 5.74) is 4.95. The Morgan fingerprint density at radius 3 is 2.11 bits per heavy atom. The molecule has 19 heavy (non-hydrogen) atoms. The molecule has 7 nitrogen and oxygen atoms in total. The molecule has 0 aromatic rings. The molecule has 4 N–H and O–H groups in total. The number of carbonyl (C=O) groups excluding carboxylic acids is 3. The lowest BCUT2D eigenvalue weighted by atomic mass is 10.2. The van der Waals surface area contributed by atoms with Crippen LogP contribution in [0.1, 0.15) is 40.5 Å². The summed E-state index contributed by atoms with van der Waals surface area (Å²) >= 11 is 0. The fourth-order valence-corrected chi connectivity index (χ4v) is 0.581. The molecule has 0 bridgehead atoms. The number of Topliss-reactive ketones (excluding diaryl/α,β-unsaturated/α-hetero) is 1. The van der Waals surface area contributed by atoms with Crippen molar-refractivity contribution in [3.05, 3.63) is 0 Å². The number of esters is 1. The molecule has 7 heteroatoms. The first kappa shape index (κ1) is 22.8. The lowest BCUT2D eigenvalue weighted by Crippen LogP contribution is -2.15. The predicted octanol–water partition coefficient (Wildman–Crippen LogP) is 0.553. The molecular weight excluding hydrogens is 252 g/mol. The number of hydrogen-bond donors (Lipinski definition) is 2. The van der Waals surface area contributed by atoms with Gasteiger partial charge in [-0.25, -0.2) is 5.90 Å². The zero-order valence-corrected chi connectivity index (χ0v) is 12.2. The molecule has 0 aliphatic carbocycles. The Hall–Kier alpha value is -1.31. The van der Waals surface area contributed by atoms with Crippen LogP contribution in [0, 0.1) is 5.92 Å². The van der Waals surface area contributed by atoms with E-state index in [9.17, 15) is 14.4 Å². The van der Waals surface area contributed by atoms with E-state index in [-0.39, 0.29) is 31.0 Å². The fourth-order valence-electron chi connectivity index (χ4n) is 0.581. The van der Waals surface area contributed by atoms with Crippen LogP contribution >= 0.6 is 0 Å². The van der Waals surface area contributed by atoms with Gasteiger partial charge in [0.15, 0.2) is 0 Å². The minimum absolute atomic E-state index is 0.0494. The van der Waals surface area contributed by atoms with Gasteiger partial charge in [0.1, 0.15) is 12.1 Å². The SMILES string of the molecule is CC.CC(C)C(=O)OCON.NCC(=O)CCC=O. The number of ether oxygens (including phenoxy) is 1. The van der Waals surface area contributed by atoms with E-state index in [2.05, 4.69) is 15.5 Å². The van der Waals surface area contributed by atoms with Gasteiger partial charge < -0.3 is 15.3 Å². The van der Waals surface area contributed by atoms with Crippen LogP contribution in [0.3, 0.4) is 0 Å². The highest BCUT2D eigenvalue weighted by molar-refractivity contribution is 5.81. The summed E-state index contributed by atoms with van der Waals surface area (Å²) in [5, 5.41) is 0. The van der Waals surface area contributed by atoms with Crippen LogP contribution in [-0.2, 0) is 24.0 Å². The Morgan fingerprint density at radius 1 is 1.26 bits per heavy atom. The molecule has 0 aliphatic rings. The number of aldehydes is 1. The molecule has 0 atom stereocenters. The van der Waals surface area contributed by atoms with Crippen molar-refractivity contribution in [3.8, 4) is 0 Å². The van der Waals surface area contributed by atoms with E-state index >= 15 is 0 Å². The average molecular weight is 278 g/mol.